The van der Waals surface area contributed by atoms with Crippen LogP contribution in [0.2, 0.25) is 5.02 Å². The number of sulfonamides is 1. The quantitative estimate of drug-likeness (QED) is 0.870. The summed E-state index contributed by atoms with van der Waals surface area (Å²) in [7, 11) is -2.14. The second-order valence-electron chi connectivity index (χ2n) is 4.50. The Kier molecular flexibility index (Phi) is 4.63. The molecule has 0 saturated carbocycles. The van der Waals surface area contributed by atoms with E-state index in [1.54, 1.807) is 0 Å². The highest BCUT2D eigenvalue weighted by Crippen LogP contribution is 2.23. The Morgan fingerprint density at radius 2 is 1.86 bits per heavy atom. The summed E-state index contributed by atoms with van der Waals surface area (Å²) in [5, 5.41) is 8.95. The molecule has 0 amide bonds. The predicted molar refractivity (Wildman–Crippen MR) is 81.3 cm³/mol. The molecular weight excluding hydrogens is 308 g/mol. The molecule has 4 nitrogen and oxygen atoms in total. The van der Waals surface area contributed by atoms with Crippen LogP contribution >= 0.6 is 11.6 Å². The molecule has 0 N–H and O–H groups in total. The van der Waals surface area contributed by atoms with Gasteiger partial charge in [-0.25, -0.2) is 8.42 Å². The molecule has 0 spiro atoms. The molecule has 0 bridgehead atoms. The second kappa shape index (κ2) is 6.27. The maximum atomic E-state index is 12.5. The normalized spacial score (nSPS) is 11.3. The Morgan fingerprint density at radius 3 is 2.43 bits per heavy atom. The third-order valence-electron chi connectivity index (χ3n) is 3.02. The van der Waals surface area contributed by atoms with E-state index < -0.39 is 10.0 Å². The van der Waals surface area contributed by atoms with Crippen molar-refractivity contribution in [3.8, 4) is 6.07 Å². The summed E-state index contributed by atoms with van der Waals surface area (Å²) in [6.45, 7) is 0.265. The topological polar surface area (TPSA) is 61.2 Å². The molecule has 0 atom stereocenters. The molecule has 0 aliphatic carbocycles. The van der Waals surface area contributed by atoms with Crippen LogP contribution in [0.15, 0.2) is 53.4 Å². The third-order valence-corrected chi connectivity index (χ3v) is 5.13. The van der Waals surface area contributed by atoms with Crippen molar-refractivity contribution in [3.63, 3.8) is 0 Å². The van der Waals surface area contributed by atoms with Crippen LogP contribution in [0.3, 0.4) is 0 Å². The van der Waals surface area contributed by atoms with Crippen LogP contribution < -0.4 is 0 Å². The third kappa shape index (κ3) is 3.42. The van der Waals surface area contributed by atoms with Crippen molar-refractivity contribution in [1.29, 1.82) is 5.26 Å². The number of nitrogens with zero attached hydrogens (tertiary/aromatic N) is 2. The molecule has 0 aromatic heterocycles. The molecule has 0 heterocycles. The minimum Gasteiger partial charge on any atom is -0.207 e. The molecule has 0 unspecified atom stereocenters. The van der Waals surface area contributed by atoms with Gasteiger partial charge in [-0.05, 0) is 23.8 Å². The fourth-order valence-electron chi connectivity index (χ4n) is 1.85. The first kappa shape index (κ1) is 15.5. The van der Waals surface area contributed by atoms with Crippen LogP contribution in [0.4, 0.5) is 0 Å². The van der Waals surface area contributed by atoms with E-state index in [-0.39, 0.29) is 22.0 Å². The Bertz CT molecular complexity index is 783. The number of benzene rings is 2. The summed E-state index contributed by atoms with van der Waals surface area (Å²) in [6, 6.07) is 15.3. The number of nitriles is 1. The average Bonchev–Trinajstić information content (AvgIpc) is 2.48. The van der Waals surface area contributed by atoms with Crippen molar-refractivity contribution < 1.29 is 8.42 Å². The Balaban J connectivity index is 2.29. The Morgan fingerprint density at radius 1 is 1.19 bits per heavy atom. The van der Waals surface area contributed by atoms with Gasteiger partial charge < -0.3 is 0 Å². The Hall–Kier alpha value is -1.87. The molecule has 0 radical (unpaired) electrons. The summed E-state index contributed by atoms with van der Waals surface area (Å²) in [6.07, 6.45) is 0. The fraction of sp³-hybridized carbons (Fsp3) is 0.133. The first-order chi connectivity index (χ1) is 9.95. The monoisotopic (exact) mass is 320 g/mol. The van der Waals surface area contributed by atoms with Gasteiger partial charge in [-0.3, -0.25) is 0 Å². The van der Waals surface area contributed by atoms with Gasteiger partial charge >= 0.3 is 0 Å². The van der Waals surface area contributed by atoms with Crippen LogP contribution in [0, 0.1) is 11.3 Å². The number of hydrogen-bond acceptors (Lipinski definition) is 3. The van der Waals surface area contributed by atoms with E-state index in [0.717, 1.165) is 5.56 Å². The van der Waals surface area contributed by atoms with Gasteiger partial charge in [0.05, 0.1) is 15.5 Å². The zero-order chi connectivity index (χ0) is 15.5. The molecule has 2 rings (SSSR count). The minimum absolute atomic E-state index is 0.0740. The molecule has 0 aliphatic rings. The van der Waals surface area contributed by atoms with Crippen LogP contribution in [-0.4, -0.2) is 19.8 Å². The highest BCUT2D eigenvalue weighted by Gasteiger charge is 2.21. The lowest BCUT2D eigenvalue weighted by atomic mass is 10.2. The van der Waals surface area contributed by atoms with Gasteiger partial charge in [0.1, 0.15) is 6.07 Å². The molecule has 6 heteroatoms. The summed E-state index contributed by atoms with van der Waals surface area (Å²) in [5.74, 6) is 0. The highest BCUT2D eigenvalue weighted by molar-refractivity contribution is 7.89. The van der Waals surface area contributed by atoms with Crippen molar-refractivity contribution >= 4 is 21.6 Å². The largest absolute Gasteiger partial charge is 0.243 e. The summed E-state index contributed by atoms with van der Waals surface area (Å²) in [5.41, 5.74) is 1.14. The van der Waals surface area contributed by atoms with Gasteiger partial charge in [0.25, 0.3) is 0 Å². The molecular formula is C15H13ClN2O2S. The highest BCUT2D eigenvalue weighted by atomic mass is 35.5. The summed E-state index contributed by atoms with van der Waals surface area (Å²) < 4.78 is 26.2. The Labute approximate surface area is 129 Å². The number of rotatable bonds is 4. The van der Waals surface area contributed by atoms with Crippen LogP contribution in [0.1, 0.15) is 11.1 Å². The van der Waals surface area contributed by atoms with E-state index in [9.17, 15) is 8.42 Å². The molecule has 2 aromatic rings. The van der Waals surface area contributed by atoms with Gasteiger partial charge in [-0.15, -0.1) is 0 Å². The summed E-state index contributed by atoms with van der Waals surface area (Å²) in [4.78, 5) is 0.0740. The maximum Gasteiger partial charge on any atom is 0.243 e. The van der Waals surface area contributed by atoms with Crippen LogP contribution in [0.5, 0.6) is 0 Å². The van der Waals surface area contributed by atoms with Gasteiger partial charge in [0, 0.05) is 13.6 Å². The van der Waals surface area contributed by atoms with E-state index >= 15 is 0 Å². The minimum atomic E-state index is -3.65. The second-order valence-corrected chi connectivity index (χ2v) is 6.95. The van der Waals surface area contributed by atoms with Crippen molar-refractivity contribution in [2.45, 2.75) is 11.4 Å². The zero-order valence-electron chi connectivity index (χ0n) is 11.3. The van der Waals surface area contributed by atoms with E-state index in [0.29, 0.717) is 0 Å². The van der Waals surface area contributed by atoms with Gasteiger partial charge in [-0.2, -0.15) is 9.57 Å². The van der Waals surface area contributed by atoms with Crippen LogP contribution in [0.25, 0.3) is 0 Å². The average molecular weight is 321 g/mol. The number of halogens is 1. The standard InChI is InChI=1S/C15H13ClN2O2S/c1-18(11-12-5-3-2-4-6-12)21(19,20)14-8-7-13(10-17)15(16)9-14/h2-9H,11H2,1H3. The van der Waals surface area contributed by atoms with Crippen molar-refractivity contribution in [2.75, 3.05) is 7.05 Å². The molecule has 0 aliphatic heterocycles. The SMILES string of the molecule is CN(Cc1ccccc1)S(=O)(=O)c1ccc(C#N)c(Cl)c1. The molecule has 0 fully saturated rings. The van der Waals surface area contributed by atoms with Crippen LogP contribution in [-0.2, 0) is 16.6 Å². The first-order valence-corrected chi connectivity index (χ1v) is 7.97. The van der Waals surface area contributed by atoms with Crippen molar-refractivity contribution in [1.82, 2.24) is 4.31 Å². The van der Waals surface area contributed by atoms with E-state index in [1.165, 1.54) is 29.6 Å². The lowest BCUT2D eigenvalue weighted by Gasteiger charge is -2.17. The van der Waals surface area contributed by atoms with E-state index in [4.69, 9.17) is 16.9 Å². The van der Waals surface area contributed by atoms with E-state index in [2.05, 4.69) is 0 Å². The lowest BCUT2D eigenvalue weighted by Crippen LogP contribution is -2.26. The van der Waals surface area contributed by atoms with Gasteiger partial charge in [-0.1, -0.05) is 41.9 Å². The fourth-order valence-corrected chi connectivity index (χ4v) is 3.33. The summed E-state index contributed by atoms with van der Waals surface area (Å²) >= 11 is 5.89. The molecule has 0 saturated heterocycles. The van der Waals surface area contributed by atoms with Gasteiger partial charge in [0.15, 0.2) is 0 Å². The smallest absolute Gasteiger partial charge is 0.207 e. The maximum absolute atomic E-state index is 12.5. The van der Waals surface area contributed by atoms with Crippen molar-refractivity contribution in [3.05, 3.63) is 64.7 Å². The molecule has 21 heavy (non-hydrogen) atoms. The molecule has 2 aromatic carbocycles. The first-order valence-electron chi connectivity index (χ1n) is 6.15. The van der Waals surface area contributed by atoms with Crippen molar-refractivity contribution in [2.24, 2.45) is 0 Å². The van der Waals surface area contributed by atoms with Gasteiger partial charge in [0.2, 0.25) is 10.0 Å². The van der Waals surface area contributed by atoms with E-state index in [1.807, 2.05) is 36.4 Å². The number of hydrogen-bond donors (Lipinski definition) is 0. The molecule has 108 valence electrons. The lowest BCUT2D eigenvalue weighted by molar-refractivity contribution is 0.467. The predicted octanol–water partition coefficient (Wildman–Crippen LogP) is 3.03. The zero-order valence-corrected chi connectivity index (χ0v) is 12.9.